The number of aromatic nitrogens is 6. The Hall–Kier alpha value is -4.17. The fourth-order valence-electron chi connectivity index (χ4n) is 5.42. The highest BCUT2D eigenvalue weighted by atomic mass is 19.1. The molecule has 1 aromatic carbocycles. The Morgan fingerprint density at radius 1 is 1.08 bits per heavy atom. The van der Waals surface area contributed by atoms with Gasteiger partial charge in [0.2, 0.25) is 0 Å². The van der Waals surface area contributed by atoms with Gasteiger partial charge in [-0.05, 0) is 74.9 Å². The van der Waals surface area contributed by atoms with E-state index in [0.717, 1.165) is 5.56 Å². The van der Waals surface area contributed by atoms with E-state index in [1.54, 1.807) is 41.9 Å². The first kappa shape index (κ1) is 26.4. The molecule has 0 saturated carbocycles. The lowest BCUT2D eigenvalue weighted by atomic mass is 9.97. The van der Waals surface area contributed by atoms with Crippen LogP contribution in [-0.2, 0) is 12.6 Å². The Kier molecular flexibility index (Phi) is 6.68. The molecule has 3 aromatic heterocycles. The topological polar surface area (TPSA) is 109 Å². The molecule has 0 aliphatic carbocycles. The molecule has 39 heavy (non-hydrogen) atoms. The Morgan fingerprint density at radius 3 is 2.46 bits per heavy atom. The average Bonchev–Trinajstić information content (AvgIpc) is 3.39. The van der Waals surface area contributed by atoms with Crippen molar-refractivity contribution in [3.63, 3.8) is 0 Å². The van der Waals surface area contributed by atoms with E-state index < -0.39 is 0 Å². The number of hydrogen-bond acceptors (Lipinski definition) is 8. The molecule has 4 aromatic rings. The van der Waals surface area contributed by atoms with Gasteiger partial charge in [-0.1, -0.05) is 12.1 Å². The molecule has 0 bridgehead atoms. The van der Waals surface area contributed by atoms with Crippen molar-refractivity contribution >= 4 is 16.7 Å². The van der Waals surface area contributed by atoms with Crippen LogP contribution in [0.2, 0.25) is 0 Å². The van der Waals surface area contributed by atoms with Gasteiger partial charge in [0.15, 0.2) is 5.82 Å². The normalized spacial score (nSPS) is 19.3. The summed E-state index contributed by atoms with van der Waals surface area (Å²) < 4.78 is 17.3. The lowest BCUT2D eigenvalue weighted by Crippen LogP contribution is -2.58. The highest BCUT2D eigenvalue weighted by Crippen LogP contribution is 2.36. The molecular formula is C28H32FN9O. The van der Waals surface area contributed by atoms with Gasteiger partial charge in [-0.3, -0.25) is 9.69 Å². The maximum absolute atomic E-state index is 13.9. The maximum Gasteiger partial charge on any atom is 0.252 e. The van der Waals surface area contributed by atoms with E-state index in [-0.39, 0.29) is 35.0 Å². The first-order chi connectivity index (χ1) is 18.5. The minimum absolute atomic E-state index is 0.000343. The third kappa shape index (κ3) is 4.76. The van der Waals surface area contributed by atoms with Gasteiger partial charge >= 0.3 is 0 Å². The first-order valence-corrected chi connectivity index (χ1v) is 13.0. The van der Waals surface area contributed by atoms with Crippen LogP contribution in [0.3, 0.4) is 0 Å². The summed E-state index contributed by atoms with van der Waals surface area (Å²) in [7, 11) is 1.71. The summed E-state index contributed by atoms with van der Waals surface area (Å²) in [5.41, 5.74) is 2.70. The summed E-state index contributed by atoms with van der Waals surface area (Å²) in [6, 6.07) is 13.3. The second kappa shape index (κ2) is 9.85. The summed E-state index contributed by atoms with van der Waals surface area (Å²) in [4.78, 5) is 22.0. The summed E-state index contributed by atoms with van der Waals surface area (Å²) in [6.07, 6.45) is 0. The van der Waals surface area contributed by atoms with Gasteiger partial charge in [-0.2, -0.15) is 5.26 Å². The Balaban J connectivity index is 1.58. The van der Waals surface area contributed by atoms with Crippen molar-refractivity contribution in [2.45, 2.75) is 58.3 Å². The van der Waals surface area contributed by atoms with E-state index in [9.17, 15) is 14.4 Å². The highest BCUT2D eigenvalue weighted by Gasteiger charge is 2.39. The standard InChI is InChI=1S/C28H32FN9O/c1-17-16-37(26(19-7-9-20(29)10-8-19)27-32-33-34-38(27)28(3,4)5)18(2)15-36(17)23-13-24(39)35(6)22-12-11-21(14-30)31-25(22)23/h7-13,17-18,26H,15-16H2,1-6H3/t17-,18+,26?/m0/s1. The molecule has 0 amide bonds. The highest BCUT2D eigenvalue weighted by molar-refractivity contribution is 5.89. The number of nitrogens with zero attached hydrogens (tertiary/aromatic N) is 9. The summed E-state index contributed by atoms with van der Waals surface area (Å²) in [5.74, 6) is 0.377. The summed E-state index contributed by atoms with van der Waals surface area (Å²) in [5, 5.41) is 22.2. The lowest BCUT2D eigenvalue weighted by Gasteiger charge is -2.48. The monoisotopic (exact) mass is 529 g/mol. The molecule has 4 heterocycles. The molecule has 0 radical (unpaired) electrons. The Morgan fingerprint density at radius 2 is 1.79 bits per heavy atom. The Bertz CT molecular complexity index is 1610. The van der Waals surface area contributed by atoms with E-state index in [0.29, 0.717) is 41.3 Å². The third-order valence-corrected chi connectivity index (χ3v) is 7.42. The second-order valence-electron chi connectivity index (χ2n) is 11.2. The van der Waals surface area contributed by atoms with E-state index in [1.165, 1.54) is 12.1 Å². The smallest absolute Gasteiger partial charge is 0.252 e. The second-order valence-corrected chi connectivity index (χ2v) is 11.2. The van der Waals surface area contributed by atoms with Crippen LogP contribution in [-0.4, -0.2) is 59.8 Å². The number of nitriles is 1. The number of fused-ring (bicyclic) bond motifs is 1. The van der Waals surface area contributed by atoms with Gasteiger partial charge in [0.25, 0.3) is 5.56 Å². The molecule has 1 aliphatic rings. The molecular weight excluding hydrogens is 497 g/mol. The van der Waals surface area contributed by atoms with Gasteiger partial charge < -0.3 is 9.47 Å². The molecule has 10 nitrogen and oxygen atoms in total. The van der Waals surface area contributed by atoms with Crippen molar-refractivity contribution in [1.29, 1.82) is 5.26 Å². The number of piperazine rings is 1. The number of anilines is 1. The zero-order valence-corrected chi connectivity index (χ0v) is 23.0. The molecule has 11 heteroatoms. The van der Waals surface area contributed by atoms with E-state index in [1.807, 2.05) is 25.5 Å². The first-order valence-electron chi connectivity index (χ1n) is 13.0. The molecule has 1 fully saturated rings. The van der Waals surface area contributed by atoms with Crippen LogP contribution in [0.5, 0.6) is 0 Å². The molecule has 1 unspecified atom stereocenters. The van der Waals surface area contributed by atoms with Gasteiger partial charge in [0.1, 0.15) is 23.1 Å². The van der Waals surface area contributed by atoms with Crippen LogP contribution >= 0.6 is 0 Å². The van der Waals surface area contributed by atoms with Gasteiger partial charge in [-0.25, -0.2) is 14.1 Å². The van der Waals surface area contributed by atoms with Crippen molar-refractivity contribution in [2.75, 3.05) is 18.0 Å². The van der Waals surface area contributed by atoms with E-state index in [2.05, 4.69) is 50.2 Å². The number of hydrogen-bond donors (Lipinski definition) is 0. The fraction of sp³-hybridized carbons (Fsp3) is 0.429. The summed E-state index contributed by atoms with van der Waals surface area (Å²) in [6.45, 7) is 11.6. The van der Waals surface area contributed by atoms with Crippen LogP contribution in [0.15, 0.2) is 47.3 Å². The third-order valence-electron chi connectivity index (χ3n) is 7.42. The van der Waals surface area contributed by atoms with Crippen LogP contribution in [0.1, 0.15) is 57.7 Å². The van der Waals surface area contributed by atoms with Crippen LogP contribution < -0.4 is 10.5 Å². The molecule has 1 saturated heterocycles. The van der Waals surface area contributed by atoms with Crippen molar-refractivity contribution in [1.82, 2.24) is 34.7 Å². The zero-order chi connectivity index (χ0) is 28.1. The Labute approximate surface area is 226 Å². The number of pyridine rings is 2. The van der Waals surface area contributed by atoms with Crippen molar-refractivity contribution in [3.05, 3.63) is 75.7 Å². The molecule has 0 spiro atoms. The van der Waals surface area contributed by atoms with Crippen molar-refractivity contribution in [2.24, 2.45) is 7.05 Å². The van der Waals surface area contributed by atoms with Gasteiger partial charge in [0.05, 0.1) is 22.8 Å². The summed E-state index contributed by atoms with van der Waals surface area (Å²) >= 11 is 0. The molecule has 0 N–H and O–H groups in total. The lowest BCUT2D eigenvalue weighted by molar-refractivity contribution is 0.119. The minimum Gasteiger partial charge on any atom is -0.364 e. The largest absolute Gasteiger partial charge is 0.364 e. The number of rotatable bonds is 4. The minimum atomic E-state index is -0.360. The van der Waals surface area contributed by atoms with Gasteiger partial charge in [0, 0.05) is 38.3 Å². The SMILES string of the molecule is C[C@@H]1CN(c2cc(=O)n(C)c3ccc(C#N)nc23)[C@@H](C)CN1C(c1ccc(F)cc1)c1nnnn1C(C)(C)C. The fourth-order valence-corrected chi connectivity index (χ4v) is 5.42. The molecule has 202 valence electrons. The number of aryl methyl sites for hydroxylation is 1. The molecule has 3 atom stereocenters. The predicted octanol–water partition coefficient (Wildman–Crippen LogP) is 3.37. The molecule has 1 aliphatic heterocycles. The van der Waals surface area contributed by atoms with E-state index >= 15 is 0 Å². The average molecular weight is 530 g/mol. The number of tetrazole rings is 1. The van der Waals surface area contributed by atoms with Crippen LogP contribution in [0.25, 0.3) is 11.0 Å². The van der Waals surface area contributed by atoms with Crippen LogP contribution in [0.4, 0.5) is 10.1 Å². The predicted molar refractivity (Wildman–Crippen MR) is 146 cm³/mol. The van der Waals surface area contributed by atoms with Gasteiger partial charge in [-0.15, -0.1) is 5.10 Å². The van der Waals surface area contributed by atoms with Crippen molar-refractivity contribution < 1.29 is 4.39 Å². The quantitative estimate of drug-likeness (QED) is 0.396. The van der Waals surface area contributed by atoms with E-state index in [4.69, 9.17) is 0 Å². The molecule has 5 rings (SSSR count). The number of benzene rings is 1. The van der Waals surface area contributed by atoms with Crippen LogP contribution in [0, 0.1) is 17.1 Å². The maximum atomic E-state index is 13.9. The number of halogens is 1. The zero-order valence-electron chi connectivity index (χ0n) is 23.0. The van der Waals surface area contributed by atoms with Crippen molar-refractivity contribution in [3.8, 4) is 6.07 Å².